The fourth-order valence-electron chi connectivity index (χ4n) is 1.15. The second-order valence-corrected chi connectivity index (χ2v) is 3.10. The molecule has 1 saturated heterocycles. The molecule has 0 aliphatic carbocycles. The molecule has 3 N–H and O–H groups in total. The van der Waals surface area contributed by atoms with Crippen molar-refractivity contribution in [3.63, 3.8) is 0 Å². The van der Waals surface area contributed by atoms with Gasteiger partial charge in [-0.05, 0) is 13.3 Å². The van der Waals surface area contributed by atoms with Crippen LogP contribution < -0.4 is 5.43 Å². The van der Waals surface area contributed by atoms with Crippen LogP contribution in [0.25, 0.3) is 0 Å². The second-order valence-electron chi connectivity index (χ2n) is 3.10. The minimum absolute atomic E-state index is 0.198. The maximum atomic E-state index is 9.12. The minimum atomic E-state index is -0.326. The third-order valence-electron chi connectivity index (χ3n) is 1.77. The molecule has 4 heteroatoms. The highest BCUT2D eigenvalue weighted by Crippen LogP contribution is 2.04. The van der Waals surface area contributed by atoms with Crippen LogP contribution in [0.2, 0.25) is 0 Å². The number of nitrogens with one attached hydrogen (secondary N) is 1. The van der Waals surface area contributed by atoms with Crippen molar-refractivity contribution in [1.82, 2.24) is 10.4 Å². The number of β-amino-alcohol motifs (C(OH)–C–C–N with tert-alkyl or cyclic N) is 1. The first kappa shape index (κ1) is 8.93. The summed E-state index contributed by atoms with van der Waals surface area (Å²) >= 11 is 0. The van der Waals surface area contributed by atoms with Gasteiger partial charge in [0.1, 0.15) is 0 Å². The van der Waals surface area contributed by atoms with Crippen molar-refractivity contribution in [2.24, 2.45) is 0 Å². The van der Waals surface area contributed by atoms with E-state index in [-0.39, 0.29) is 12.2 Å². The van der Waals surface area contributed by atoms with Gasteiger partial charge < -0.3 is 10.2 Å². The first-order valence-electron chi connectivity index (χ1n) is 4.03. The Labute approximate surface area is 66.8 Å². The Bertz CT molecular complexity index is 119. The van der Waals surface area contributed by atoms with E-state index >= 15 is 0 Å². The Morgan fingerprint density at radius 2 is 2.45 bits per heavy atom. The van der Waals surface area contributed by atoms with E-state index in [4.69, 9.17) is 10.2 Å². The van der Waals surface area contributed by atoms with Crippen LogP contribution in [0.3, 0.4) is 0 Å². The van der Waals surface area contributed by atoms with Crippen molar-refractivity contribution in [1.29, 1.82) is 0 Å². The molecule has 1 aliphatic heterocycles. The van der Waals surface area contributed by atoms with E-state index < -0.39 is 0 Å². The molecule has 0 saturated carbocycles. The smallest absolute Gasteiger partial charge is 0.0693 e. The third kappa shape index (κ3) is 3.16. The largest absolute Gasteiger partial charge is 0.392 e. The van der Waals surface area contributed by atoms with E-state index in [1.54, 1.807) is 6.92 Å². The molecule has 0 unspecified atom stereocenters. The van der Waals surface area contributed by atoms with Crippen LogP contribution in [0.4, 0.5) is 0 Å². The van der Waals surface area contributed by atoms with E-state index in [2.05, 4.69) is 5.43 Å². The van der Waals surface area contributed by atoms with Crippen LogP contribution in [-0.4, -0.2) is 47.1 Å². The summed E-state index contributed by atoms with van der Waals surface area (Å²) < 4.78 is 0. The lowest BCUT2D eigenvalue weighted by Crippen LogP contribution is -2.40. The normalized spacial score (nSPS) is 29.2. The maximum absolute atomic E-state index is 9.12. The molecular weight excluding hydrogens is 144 g/mol. The lowest BCUT2D eigenvalue weighted by molar-refractivity contribution is 0.122. The molecule has 11 heavy (non-hydrogen) atoms. The Hall–Kier alpha value is -0.160. The fraction of sp³-hybridized carbons (Fsp3) is 1.00. The summed E-state index contributed by atoms with van der Waals surface area (Å²) in [6.07, 6.45) is 0.302. The number of hydrazine groups is 1. The van der Waals surface area contributed by atoms with Crippen LogP contribution in [-0.2, 0) is 0 Å². The standard InChI is InChI=1S/C7H16N2O2/c1-6(10)4-8-9-3-2-7(11)5-9/h6-8,10-11H,2-5H2,1H3/t6-,7+/m0/s1. The van der Waals surface area contributed by atoms with E-state index in [1.165, 1.54) is 0 Å². The summed E-state index contributed by atoms with van der Waals surface area (Å²) in [6.45, 7) is 3.84. The Balaban J connectivity index is 2.08. The summed E-state index contributed by atoms with van der Waals surface area (Å²) in [5.74, 6) is 0. The highest BCUT2D eigenvalue weighted by molar-refractivity contribution is 4.71. The van der Waals surface area contributed by atoms with Gasteiger partial charge in [-0.1, -0.05) is 0 Å². The van der Waals surface area contributed by atoms with Gasteiger partial charge in [0.2, 0.25) is 0 Å². The highest BCUT2D eigenvalue weighted by Gasteiger charge is 2.19. The molecule has 1 fully saturated rings. The minimum Gasteiger partial charge on any atom is -0.392 e. The summed E-state index contributed by atoms with van der Waals surface area (Å²) in [4.78, 5) is 0. The number of hydrogen-bond donors (Lipinski definition) is 3. The van der Waals surface area contributed by atoms with Crippen molar-refractivity contribution < 1.29 is 10.2 Å². The molecule has 4 nitrogen and oxygen atoms in total. The fourth-order valence-corrected chi connectivity index (χ4v) is 1.15. The molecule has 2 atom stereocenters. The van der Waals surface area contributed by atoms with E-state index in [1.807, 2.05) is 5.01 Å². The van der Waals surface area contributed by atoms with Gasteiger partial charge in [-0.15, -0.1) is 0 Å². The molecule has 0 aromatic heterocycles. The van der Waals surface area contributed by atoms with Crippen LogP contribution in [0, 0.1) is 0 Å². The first-order valence-corrected chi connectivity index (χ1v) is 4.03. The average molecular weight is 160 g/mol. The van der Waals surface area contributed by atoms with Gasteiger partial charge in [0, 0.05) is 19.6 Å². The Morgan fingerprint density at radius 1 is 1.73 bits per heavy atom. The predicted octanol–water partition coefficient (Wildman–Crippen LogP) is -1.06. The molecule has 0 aromatic rings. The number of nitrogens with zero attached hydrogens (tertiary/aromatic N) is 1. The summed E-state index contributed by atoms with van der Waals surface area (Å²) in [5, 5.41) is 20.0. The maximum Gasteiger partial charge on any atom is 0.0693 e. The molecule has 0 bridgehead atoms. The molecule has 1 rings (SSSR count). The van der Waals surface area contributed by atoms with Gasteiger partial charge in [-0.2, -0.15) is 0 Å². The molecule has 0 amide bonds. The molecule has 0 radical (unpaired) electrons. The van der Waals surface area contributed by atoms with Crippen LogP contribution >= 0.6 is 0 Å². The molecule has 0 aromatic carbocycles. The first-order chi connectivity index (χ1) is 5.18. The number of aliphatic hydroxyl groups excluding tert-OH is 2. The van der Waals surface area contributed by atoms with Crippen molar-refractivity contribution in [2.45, 2.75) is 25.6 Å². The zero-order valence-corrected chi connectivity index (χ0v) is 6.82. The topological polar surface area (TPSA) is 55.7 Å². The number of aliphatic hydroxyl groups is 2. The number of hydrogen-bond acceptors (Lipinski definition) is 4. The van der Waals surface area contributed by atoms with Crippen LogP contribution in [0.5, 0.6) is 0 Å². The quantitative estimate of drug-likeness (QED) is 0.492. The highest BCUT2D eigenvalue weighted by atomic mass is 16.3. The predicted molar refractivity (Wildman–Crippen MR) is 41.9 cm³/mol. The van der Waals surface area contributed by atoms with Gasteiger partial charge in [0.15, 0.2) is 0 Å². The molecular formula is C7H16N2O2. The zero-order chi connectivity index (χ0) is 8.27. The van der Waals surface area contributed by atoms with Crippen molar-refractivity contribution in [2.75, 3.05) is 19.6 Å². The summed E-state index contributed by atoms with van der Waals surface area (Å²) in [5.41, 5.74) is 3.03. The lowest BCUT2D eigenvalue weighted by Gasteiger charge is -2.17. The summed E-state index contributed by atoms with van der Waals surface area (Å²) in [7, 11) is 0. The van der Waals surface area contributed by atoms with Gasteiger partial charge in [-0.3, -0.25) is 5.43 Å². The van der Waals surface area contributed by atoms with Gasteiger partial charge in [0.05, 0.1) is 12.2 Å². The number of rotatable bonds is 3. The van der Waals surface area contributed by atoms with E-state index in [0.717, 1.165) is 13.0 Å². The molecule has 1 heterocycles. The lowest BCUT2D eigenvalue weighted by atomic mass is 10.3. The Kier molecular flexibility index (Phi) is 3.26. The Morgan fingerprint density at radius 3 is 2.91 bits per heavy atom. The second kappa shape index (κ2) is 4.01. The van der Waals surface area contributed by atoms with Crippen LogP contribution in [0.15, 0.2) is 0 Å². The van der Waals surface area contributed by atoms with Gasteiger partial charge in [-0.25, -0.2) is 5.01 Å². The van der Waals surface area contributed by atoms with Crippen molar-refractivity contribution >= 4 is 0 Å². The monoisotopic (exact) mass is 160 g/mol. The van der Waals surface area contributed by atoms with Gasteiger partial charge in [0.25, 0.3) is 0 Å². The molecule has 66 valence electrons. The van der Waals surface area contributed by atoms with Gasteiger partial charge >= 0.3 is 0 Å². The third-order valence-corrected chi connectivity index (χ3v) is 1.77. The molecule has 0 spiro atoms. The van der Waals surface area contributed by atoms with Crippen molar-refractivity contribution in [3.8, 4) is 0 Å². The SMILES string of the molecule is C[C@H](O)CNN1CC[C@@H](O)C1. The average Bonchev–Trinajstić information content (AvgIpc) is 2.31. The van der Waals surface area contributed by atoms with Crippen LogP contribution in [0.1, 0.15) is 13.3 Å². The summed E-state index contributed by atoms with van der Waals surface area (Å²) in [6, 6.07) is 0. The zero-order valence-electron chi connectivity index (χ0n) is 6.82. The van der Waals surface area contributed by atoms with Crippen molar-refractivity contribution in [3.05, 3.63) is 0 Å². The van der Waals surface area contributed by atoms with E-state index in [0.29, 0.717) is 13.1 Å². The van der Waals surface area contributed by atoms with E-state index in [9.17, 15) is 0 Å². The molecule has 1 aliphatic rings.